The van der Waals surface area contributed by atoms with Gasteiger partial charge in [-0.05, 0) is 42.9 Å². The minimum absolute atomic E-state index is 0.163. The zero-order valence-electron chi connectivity index (χ0n) is 18.4. The zero-order chi connectivity index (χ0) is 22.9. The highest BCUT2D eigenvalue weighted by Crippen LogP contribution is 2.38. The molecule has 0 amide bonds. The van der Waals surface area contributed by atoms with Crippen LogP contribution in [0, 0.1) is 11.6 Å². The van der Waals surface area contributed by atoms with Crippen LogP contribution in [0.4, 0.5) is 14.6 Å². The van der Waals surface area contributed by atoms with Crippen LogP contribution in [0.25, 0.3) is 33.4 Å². The summed E-state index contributed by atoms with van der Waals surface area (Å²) in [4.78, 5) is 18.3. The molecule has 0 radical (unpaired) electrons. The number of methoxy groups -OCH3 is 1. The number of pyridine rings is 1. The van der Waals surface area contributed by atoms with E-state index >= 15 is 0 Å². The van der Waals surface area contributed by atoms with Gasteiger partial charge in [-0.2, -0.15) is 0 Å². The van der Waals surface area contributed by atoms with E-state index in [4.69, 9.17) is 14.7 Å². The summed E-state index contributed by atoms with van der Waals surface area (Å²) in [6.45, 7) is 3.36. The molecule has 0 N–H and O–H groups in total. The Morgan fingerprint density at radius 3 is 2.48 bits per heavy atom. The van der Waals surface area contributed by atoms with Crippen LogP contribution >= 0.6 is 0 Å². The molecule has 0 aliphatic carbocycles. The predicted molar refractivity (Wildman–Crippen MR) is 124 cm³/mol. The van der Waals surface area contributed by atoms with Crippen molar-refractivity contribution in [3.8, 4) is 28.3 Å². The molecule has 0 atom stereocenters. The Morgan fingerprint density at radius 2 is 1.76 bits per heavy atom. The number of fused-ring (bicyclic) bond motifs is 1. The molecule has 3 heterocycles. The van der Waals surface area contributed by atoms with E-state index < -0.39 is 11.6 Å². The summed E-state index contributed by atoms with van der Waals surface area (Å²) in [5, 5.41) is 0.727. The van der Waals surface area contributed by atoms with Gasteiger partial charge in [-0.25, -0.2) is 18.7 Å². The van der Waals surface area contributed by atoms with E-state index in [1.54, 1.807) is 31.6 Å². The lowest BCUT2D eigenvalue weighted by Gasteiger charge is -2.34. The zero-order valence-corrected chi connectivity index (χ0v) is 18.4. The Morgan fingerprint density at radius 1 is 0.939 bits per heavy atom. The molecule has 4 aromatic rings. The molecule has 1 fully saturated rings. The van der Waals surface area contributed by atoms with Crippen molar-refractivity contribution < 1.29 is 13.5 Å². The van der Waals surface area contributed by atoms with Crippen molar-refractivity contribution in [3.05, 3.63) is 66.5 Å². The Balaban J connectivity index is 1.77. The highest BCUT2D eigenvalue weighted by Gasteiger charge is 2.23. The van der Waals surface area contributed by atoms with E-state index in [0.29, 0.717) is 22.7 Å². The number of hydrogen-bond donors (Lipinski definition) is 0. The molecule has 1 saturated heterocycles. The van der Waals surface area contributed by atoms with Crippen molar-refractivity contribution in [2.45, 2.75) is 0 Å². The maximum absolute atomic E-state index is 14.6. The summed E-state index contributed by atoms with van der Waals surface area (Å²) < 4.78 is 34.3. The first-order valence-electron chi connectivity index (χ1n) is 10.7. The van der Waals surface area contributed by atoms with Gasteiger partial charge in [-0.3, -0.25) is 4.98 Å². The number of anilines is 1. The molecular weight excluding hydrogens is 424 g/mol. The van der Waals surface area contributed by atoms with Gasteiger partial charge in [-0.15, -0.1) is 0 Å². The summed E-state index contributed by atoms with van der Waals surface area (Å²) in [7, 11) is 3.63. The molecule has 168 valence electrons. The number of hydrogen-bond acceptors (Lipinski definition) is 6. The van der Waals surface area contributed by atoms with Crippen molar-refractivity contribution in [3.63, 3.8) is 0 Å². The average Bonchev–Trinajstić information content (AvgIpc) is 2.85. The third-order valence-electron chi connectivity index (χ3n) is 5.95. The van der Waals surface area contributed by atoms with Gasteiger partial charge >= 0.3 is 0 Å². The normalized spacial score (nSPS) is 14.6. The molecule has 6 nitrogen and oxygen atoms in total. The van der Waals surface area contributed by atoms with Gasteiger partial charge in [-0.1, -0.05) is 12.1 Å². The van der Waals surface area contributed by atoms with E-state index in [9.17, 15) is 8.78 Å². The summed E-state index contributed by atoms with van der Waals surface area (Å²) in [5.74, 6) is -0.0486. The number of piperazine rings is 1. The lowest BCUT2D eigenvalue weighted by atomic mass is 10.0. The minimum Gasteiger partial charge on any atom is -0.494 e. The van der Waals surface area contributed by atoms with E-state index in [0.717, 1.165) is 49.0 Å². The molecule has 0 bridgehead atoms. The van der Waals surface area contributed by atoms with E-state index in [1.165, 1.54) is 6.07 Å². The Hall–Kier alpha value is -3.65. The maximum Gasteiger partial charge on any atom is 0.166 e. The van der Waals surface area contributed by atoms with Crippen LogP contribution in [0.15, 0.2) is 54.9 Å². The van der Waals surface area contributed by atoms with Gasteiger partial charge in [0.2, 0.25) is 0 Å². The Kier molecular flexibility index (Phi) is 5.60. The van der Waals surface area contributed by atoms with Crippen molar-refractivity contribution >= 4 is 16.7 Å². The van der Waals surface area contributed by atoms with Crippen molar-refractivity contribution in [1.82, 2.24) is 19.9 Å². The average molecular weight is 447 g/mol. The Labute approximate surface area is 190 Å². The summed E-state index contributed by atoms with van der Waals surface area (Å²) in [6.07, 6.45) is 3.42. The number of rotatable bonds is 4. The summed E-state index contributed by atoms with van der Waals surface area (Å²) >= 11 is 0. The fraction of sp³-hybridized carbons (Fsp3) is 0.240. The van der Waals surface area contributed by atoms with E-state index in [-0.39, 0.29) is 5.56 Å². The number of benzene rings is 2. The highest BCUT2D eigenvalue weighted by molar-refractivity contribution is 5.98. The van der Waals surface area contributed by atoms with Crippen LogP contribution in [-0.2, 0) is 0 Å². The van der Waals surface area contributed by atoms with Crippen LogP contribution in [0.5, 0.6) is 5.75 Å². The second-order valence-electron chi connectivity index (χ2n) is 8.08. The number of ether oxygens (including phenoxy) is 1. The third kappa shape index (κ3) is 3.98. The van der Waals surface area contributed by atoms with E-state index in [1.807, 2.05) is 18.2 Å². The number of aromatic nitrogens is 3. The number of nitrogens with zero attached hydrogens (tertiary/aromatic N) is 5. The first kappa shape index (κ1) is 21.2. The second kappa shape index (κ2) is 8.71. The van der Waals surface area contributed by atoms with Gasteiger partial charge in [0, 0.05) is 55.1 Å². The standard InChI is InChI=1S/C25H23F2N5O/c1-31-9-11-32(12-10-31)25-19-13-17(18-6-3-7-20(26)22(18)27)14-21(33-2)23(19)29-24(30-25)16-5-4-8-28-15-16/h3-8,13-15H,9-12H2,1-2H3. The highest BCUT2D eigenvalue weighted by atomic mass is 19.2. The second-order valence-corrected chi connectivity index (χ2v) is 8.08. The van der Waals surface area contributed by atoms with Crippen LogP contribution in [0.1, 0.15) is 0 Å². The topological polar surface area (TPSA) is 54.4 Å². The molecule has 0 unspecified atom stereocenters. The van der Waals surface area contributed by atoms with E-state index in [2.05, 4.69) is 21.8 Å². The lowest BCUT2D eigenvalue weighted by Crippen LogP contribution is -2.45. The number of halogens is 2. The SMILES string of the molecule is COc1cc(-c2cccc(F)c2F)cc2c(N3CCN(C)CC3)nc(-c3cccnc3)nc12. The summed E-state index contributed by atoms with van der Waals surface area (Å²) in [5.41, 5.74) is 2.07. The first-order chi connectivity index (χ1) is 16.0. The molecule has 8 heteroatoms. The molecule has 2 aromatic carbocycles. The summed E-state index contributed by atoms with van der Waals surface area (Å²) in [6, 6.07) is 11.4. The van der Waals surface area contributed by atoms with Gasteiger partial charge in [0.05, 0.1) is 7.11 Å². The largest absolute Gasteiger partial charge is 0.494 e. The molecule has 0 saturated carbocycles. The van der Waals surface area contributed by atoms with Crippen molar-refractivity contribution in [2.24, 2.45) is 0 Å². The van der Waals surface area contributed by atoms with Gasteiger partial charge in [0.15, 0.2) is 17.5 Å². The lowest BCUT2D eigenvalue weighted by molar-refractivity contribution is 0.312. The molecular formula is C25H23F2N5O. The smallest absolute Gasteiger partial charge is 0.166 e. The quantitative estimate of drug-likeness (QED) is 0.462. The molecule has 2 aromatic heterocycles. The maximum atomic E-state index is 14.6. The molecule has 33 heavy (non-hydrogen) atoms. The minimum atomic E-state index is -0.895. The van der Waals surface area contributed by atoms with Crippen LogP contribution < -0.4 is 9.64 Å². The molecule has 1 aliphatic rings. The van der Waals surface area contributed by atoms with Crippen molar-refractivity contribution in [1.29, 1.82) is 0 Å². The first-order valence-corrected chi connectivity index (χ1v) is 10.7. The monoisotopic (exact) mass is 447 g/mol. The van der Waals surface area contributed by atoms with Gasteiger partial charge in [0.25, 0.3) is 0 Å². The third-order valence-corrected chi connectivity index (χ3v) is 5.95. The van der Waals surface area contributed by atoms with Crippen LogP contribution in [-0.4, -0.2) is 60.2 Å². The van der Waals surface area contributed by atoms with Gasteiger partial charge < -0.3 is 14.5 Å². The van der Waals surface area contributed by atoms with Crippen LogP contribution in [0.2, 0.25) is 0 Å². The fourth-order valence-electron chi connectivity index (χ4n) is 4.11. The van der Waals surface area contributed by atoms with Gasteiger partial charge in [0.1, 0.15) is 17.1 Å². The fourth-order valence-corrected chi connectivity index (χ4v) is 4.11. The number of likely N-dealkylation sites (N-methyl/N-ethyl adjacent to an activating group) is 1. The molecule has 0 spiro atoms. The Bertz CT molecular complexity index is 1310. The van der Waals surface area contributed by atoms with Crippen LogP contribution in [0.3, 0.4) is 0 Å². The van der Waals surface area contributed by atoms with Crippen molar-refractivity contribution in [2.75, 3.05) is 45.2 Å². The molecule has 1 aliphatic heterocycles. The predicted octanol–water partition coefficient (Wildman–Crippen LogP) is 4.40. The molecule has 5 rings (SSSR count).